The number of anilines is 2. The van der Waals surface area contributed by atoms with E-state index >= 15 is 0 Å². The Morgan fingerprint density at radius 3 is 2.54 bits per heavy atom. The van der Waals surface area contributed by atoms with Crippen LogP contribution in [0.3, 0.4) is 0 Å². The van der Waals surface area contributed by atoms with Gasteiger partial charge in [-0.15, -0.1) is 0 Å². The first-order valence-corrected chi connectivity index (χ1v) is 11.6. The second kappa shape index (κ2) is 10.8. The van der Waals surface area contributed by atoms with Crippen LogP contribution >= 0.6 is 0 Å². The first kappa shape index (κ1) is 25.8. The van der Waals surface area contributed by atoms with Gasteiger partial charge in [-0.1, -0.05) is 6.07 Å². The summed E-state index contributed by atoms with van der Waals surface area (Å²) in [6.45, 7) is 5.08. The van der Waals surface area contributed by atoms with Crippen LogP contribution in [0.5, 0.6) is 0 Å². The number of likely N-dealkylation sites (N-methyl/N-ethyl adjacent to an activating group) is 2. The maximum atomic E-state index is 13.2. The van der Waals surface area contributed by atoms with Crippen molar-refractivity contribution in [3.8, 4) is 17.3 Å². The zero-order valence-electron chi connectivity index (χ0n) is 20.6. The molecule has 4 rings (SSSR count). The number of halogens is 3. The first-order chi connectivity index (χ1) is 17.7. The predicted molar refractivity (Wildman–Crippen MR) is 135 cm³/mol. The van der Waals surface area contributed by atoms with E-state index in [2.05, 4.69) is 47.0 Å². The fourth-order valence-electron chi connectivity index (χ4n) is 3.75. The molecule has 0 saturated heterocycles. The topological polar surface area (TPSA) is 110 Å². The molecule has 0 spiro atoms. The highest BCUT2D eigenvalue weighted by Crippen LogP contribution is 2.34. The zero-order valence-corrected chi connectivity index (χ0v) is 20.6. The molecule has 12 heteroatoms. The standard InChI is InChI=1S/C25H26F3N9/c1-4-37(8-7-36(2)3)21-6-5-16(11-30-21)12-33-24-34-13-17(10-29)22(35-24)20-15-32-23-19(20)9-18(14-31-23)25(26,27)28/h5-6,9,11,13-15H,4,7-8,12H2,1-3H3,(H,31,32)(H,33,34,35). The maximum absolute atomic E-state index is 13.2. The van der Waals surface area contributed by atoms with Gasteiger partial charge in [0.25, 0.3) is 0 Å². The van der Waals surface area contributed by atoms with E-state index in [9.17, 15) is 18.4 Å². The Labute approximate surface area is 212 Å². The summed E-state index contributed by atoms with van der Waals surface area (Å²) in [6.07, 6.45) is 0.826. The van der Waals surface area contributed by atoms with Crippen LogP contribution < -0.4 is 10.2 Å². The molecule has 2 N–H and O–H groups in total. The van der Waals surface area contributed by atoms with E-state index in [1.807, 2.05) is 32.3 Å². The molecule has 0 radical (unpaired) electrons. The number of nitrogens with one attached hydrogen (secondary N) is 2. The van der Waals surface area contributed by atoms with Crippen molar-refractivity contribution in [3.63, 3.8) is 0 Å². The van der Waals surface area contributed by atoms with Gasteiger partial charge in [0.1, 0.15) is 17.5 Å². The minimum atomic E-state index is -4.55. The van der Waals surface area contributed by atoms with Gasteiger partial charge in [-0.25, -0.2) is 19.9 Å². The van der Waals surface area contributed by atoms with Crippen molar-refractivity contribution in [2.75, 3.05) is 43.9 Å². The molecular weight excluding hydrogens is 483 g/mol. The summed E-state index contributed by atoms with van der Waals surface area (Å²) < 4.78 is 39.7. The molecule has 0 fully saturated rings. The molecule has 0 bridgehead atoms. The molecule has 192 valence electrons. The van der Waals surface area contributed by atoms with E-state index in [1.54, 1.807) is 6.20 Å². The number of hydrogen-bond acceptors (Lipinski definition) is 8. The quantitative estimate of drug-likeness (QED) is 0.344. The van der Waals surface area contributed by atoms with Crippen molar-refractivity contribution in [3.05, 3.63) is 59.7 Å². The average Bonchev–Trinajstić information content (AvgIpc) is 3.31. The van der Waals surface area contributed by atoms with Crippen molar-refractivity contribution < 1.29 is 13.2 Å². The van der Waals surface area contributed by atoms with Gasteiger partial charge in [0.2, 0.25) is 5.95 Å². The molecule has 0 unspecified atom stereocenters. The Bertz CT molecular complexity index is 1410. The van der Waals surface area contributed by atoms with Gasteiger partial charge in [0.05, 0.1) is 23.0 Å². The van der Waals surface area contributed by atoms with Crippen LogP contribution in [0.15, 0.2) is 43.0 Å². The zero-order chi connectivity index (χ0) is 26.6. The minimum absolute atomic E-state index is 0.132. The number of alkyl halides is 3. The van der Waals surface area contributed by atoms with Crippen molar-refractivity contribution >= 4 is 22.8 Å². The van der Waals surface area contributed by atoms with Gasteiger partial charge in [0, 0.05) is 55.7 Å². The fraction of sp³-hybridized carbons (Fsp3) is 0.320. The molecule has 0 aromatic carbocycles. The van der Waals surface area contributed by atoms with Crippen molar-refractivity contribution in [1.29, 1.82) is 5.26 Å². The SMILES string of the molecule is CCN(CCN(C)C)c1ccc(CNc2ncc(C#N)c(-c3c[nH]c4ncc(C(F)(F)F)cc34)n2)cn1. The summed E-state index contributed by atoms with van der Waals surface area (Å²) in [4.78, 5) is 24.2. The third kappa shape index (κ3) is 5.95. The highest BCUT2D eigenvalue weighted by Gasteiger charge is 2.31. The van der Waals surface area contributed by atoms with Crippen LogP contribution in [0.4, 0.5) is 24.9 Å². The second-order valence-corrected chi connectivity index (χ2v) is 8.65. The normalized spacial score (nSPS) is 11.6. The minimum Gasteiger partial charge on any atom is -0.356 e. The van der Waals surface area contributed by atoms with E-state index < -0.39 is 11.7 Å². The van der Waals surface area contributed by atoms with Gasteiger partial charge in [-0.2, -0.15) is 18.4 Å². The van der Waals surface area contributed by atoms with Gasteiger partial charge >= 0.3 is 6.18 Å². The first-order valence-electron chi connectivity index (χ1n) is 11.6. The lowest BCUT2D eigenvalue weighted by atomic mass is 10.1. The van der Waals surface area contributed by atoms with E-state index in [-0.39, 0.29) is 28.2 Å². The summed E-state index contributed by atoms with van der Waals surface area (Å²) in [7, 11) is 4.06. The number of rotatable bonds is 9. The van der Waals surface area contributed by atoms with E-state index in [0.717, 1.165) is 43.3 Å². The predicted octanol–water partition coefficient (Wildman–Crippen LogP) is 4.31. The summed E-state index contributed by atoms with van der Waals surface area (Å²) in [6, 6.07) is 6.92. The molecule has 4 aromatic rings. The Kier molecular flexibility index (Phi) is 7.54. The maximum Gasteiger partial charge on any atom is 0.417 e. The number of nitriles is 1. The molecule has 0 saturated carbocycles. The molecule has 4 aromatic heterocycles. The second-order valence-electron chi connectivity index (χ2n) is 8.65. The molecule has 37 heavy (non-hydrogen) atoms. The Morgan fingerprint density at radius 1 is 1.08 bits per heavy atom. The molecule has 0 amide bonds. The Morgan fingerprint density at radius 2 is 1.89 bits per heavy atom. The smallest absolute Gasteiger partial charge is 0.356 e. The molecule has 0 aliphatic rings. The number of nitrogens with zero attached hydrogens (tertiary/aromatic N) is 7. The largest absolute Gasteiger partial charge is 0.417 e. The third-order valence-corrected chi connectivity index (χ3v) is 5.81. The molecule has 9 nitrogen and oxygen atoms in total. The molecule has 0 atom stereocenters. The van der Waals surface area contributed by atoms with Gasteiger partial charge in [0.15, 0.2) is 0 Å². The summed E-state index contributed by atoms with van der Waals surface area (Å²) in [5, 5.41) is 12.9. The lowest BCUT2D eigenvalue weighted by Crippen LogP contribution is -2.32. The Balaban J connectivity index is 1.54. The summed E-state index contributed by atoms with van der Waals surface area (Å²) in [5.41, 5.74) is 0.948. The molecule has 0 aliphatic heterocycles. The monoisotopic (exact) mass is 509 g/mol. The number of pyridine rings is 2. The van der Waals surface area contributed by atoms with Gasteiger partial charge in [-0.05, 0) is 38.7 Å². The Hall–Kier alpha value is -4.24. The number of aromatic amines is 1. The number of fused-ring (bicyclic) bond motifs is 1. The van der Waals surface area contributed by atoms with Crippen LogP contribution in [-0.2, 0) is 12.7 Å². The highest BCUT2D eigenvalue weighted by atomic mass is 19.4. The van der Waals surface area contributed by atoms with E-state index in [4.69, 9.17) is 0 Å². The lowest BCUT2D eigenvalue weighted by molar-refractivity contribution is -0.137. The van der Waals surface area contributed by atoms with Crippen LogP contribution in [0, 0.1) is 11.3 Å². The van der Waals surface area contributed by atoms with Crippen molar-refractivity contribution in [2.24, 2.45) is 0 Å². The van der Waals surface area contributed by atoms with E-state index in [0.29, 0.717) is 12.1 Å². The molecular formula is C25H26F3N9. The van der Waals surface area contributed by atoms with Gasteiger partial charge < -0.3 is 20.1 Å². The number of H-pyrrole nitrogens is 1. The molecule has 0 aliphatic carbocycles. The van der Waals surface area contributed by atoms with Crippen LogP contribution in [0.1, 0.15) is 23.6 Å². The average molecular weight is 510 g/mol. The number of hydrogen-bond donors (Lipinski definition) is 2. The van der Waals surface area contributed by atoms with Gasteiger partial charge in [-0.3, -0.25) is 0 Å². The lowest BCUT2D eigenvalue weighted by Gasteiger charge is -2.23. The molecule has 4 heterocycles. The summed E-state index contributed by atoms with van der Waals surface area (Å²) >= 11 is 0. The van der Waals surface area contributed by atoms with Crippen molar-refractivity contribution in [1.82, 2.24) is 29.8 Å². The van der Waals surface area contributed by atoms with E-state index in [1.165, 1.54) is 12.4 Å². The third-order valence-electron chi connectivity index (χ3n) is 5.81. The van der Waals surface area contributed by atoms with Crippen molar-refractivity contribution in [2.45, 2.75) is 19.6 Å². The fourth-order valence-corrected chi connectivity index (χ4v) is 3.75. The highest BCUT2D eigenvalue weighted by molar-refractivity contribution is 5.94. The van der Waals surface area contributed by atoms with Crippen LogP contribution in [-0.4, -0.2) is 63.5 Å². The van der Waals surface area contributed by atoms with Crippen LogP contribution in [0.2, 0.25) is 0 Å². The number of aromatic nitrogens is 5. The summed E-state index contributed by atoms with van der Waals surface area (Å²) in [5.74, 6) is 1.12. The van der Waals surface area contributed by atoms with Crippen LogP contribution in [0.25, 0.3) is 22.3 Å².